The summed E-state index contributed by atoms with van der Waals surface area (Å²) in [6.45, 7) is 11.0. The molecule has 0 rings (SSSR count). The largest absolute Gasteiger partial charge is 0.379 e. The number of methoxy groups -OCH3 is 3. The van der Waals surface area contributed by atoms with E-state index in [4.69, 9.17) is 14.2 Å². The number of rotatable bonds is 5. The Kier molecular flexibility index (Phi) is 8.67. The Bertz CT molecular complexity index is 221. The van der Waals surface area contributed by atoms with E-state index < -0.39 is 5.60 Å². The maximum atomic E-state index is 10.6. The van der Waals surface area contributed by atoms with Crippen molar-refractivity contribution < 1.29 is 19.0 Å². The number of carbonyl (C=O) groups excluding carboxylic acids is 1. The van der Waals surface area contributed by atoms with Gasteiger partial charge in [0.15, 0.2) is 5.78 Å². The molecule has 0 amide bonds. The molecule has 0 bridgehead atoms. The Morgan fingerprint density at radius 3 is 1.47 bits per heavy atom. The predicted octanol–water partition coefficient (Wildman–Crippen LogP) is 2.45. The molecule has 0 aliphatic heterocycles. The summed E-state index contributed by atoms with van der Waals surface area (Å²) in [5.74, 6) is 0.0556. The Hall–Kier alpha value is -0.450. The van der Waals surface area contributed by atoms with Crippen molar-refractivity contribution in [3.63, 3.8) is 0 Å². The summed E-state index contributed by atoms with van der Waals surface area (Å²) in [5, 5.41) is 0. The molecule has 4 heteroatoms. The lowest BCUT2D eigenvalue weighted by Crippen LogP contribution is -2.37. The predicted molar refractivity (Wildman–Crippen MR) is 69.3 cm³/mol. The fourth-order valence-electron chi connectivity index (χ4n) is 0.594. The van der Waals surface area contributed by atoms with Gasteiger partial charge in [0, 0.05) is 21.3 Å². The van der Waals surface area contributed by atoms with Crippen LogP contribution in [-0.4, -0.2) is 44.4 Å². The van der Waals surface area contributed by atoms with E-state index in [0.29, 0.717) is 0 Å². The van der Waals surface area contributed by atoms with Gasteiger partial charge in [-0.2, -0.15) is 0 Å². The molecule has 0 fully saturated rings. The van der Waals surface area contributed by atoms with Crippen molar-refractivity contribution in [3.8, 4) is 0 Å². The molecular weight excluding hydrogens is 220 g/mol. The molecule has 0 N–H and O–H groups in total. The van der Waals surface area contributed by atoms with Crippen LogP contribution in [0.15, 0.2) is 0 Å². The minimum atomic E-state index is -0.597. The number of ether oxygens (including phenoxy) is 3. The highest BCUT2D eigenvalue weighted by molar-refractivity contribution is 5.83. The van der Waals surface area contributed by atoms with Crippen LogP contribution in [0.4, 0.5) is 0 Å². The molecule has 0 aliphatic rings. The lowest BCUT2D eigenvalue weighted by atomic mass is 10.0. The van der Waals surface area contributed by atoms with E-state index in [-0.39, 0.29) is 17.5 Å². The number of ketones is 1. The van der Waals surface area contributed by atoms with Gasteiger partial charge in [-0.05, 0) is 41.5 Å². The molecule has 0 radical (unpaired) electrons. The molecule has 104 valence electrons. The second-order valence-electron chi connectivity index (χ2n) is 4.96. The first kappa shape index (κ1) is 18.9. The van der Waals surface area contributed by atoms with Gasteiger partial charge in [0.1, 0.15) is 5.60 Å². The quantitative estimate of drug-likeness (QED) is 0.749. The summed E-state index contributed by atoms with van der Waals surface area (Å²) in [4.78, 5) is 10.6. The van der Waals surface area contributed by atoms with E-state index in [2.05, 4.69) is 0 Å². The zero-order chi connectivity index (χ0) is 14.3. The van der Waals surface area contributed by atoms with Crippen molar-refractivity contribution in [2.24, 2.45) is 0 Å². The third-order valence-electron chi connectivity index (χ3n) is 3.22. The van der Waals surface area contributed by atoms with E-state index >= 15 is 0 Å². The Morgan fingerprint density at radius 1 is 1.00 bits per heavy atom. The molecule has 0 aliphatic carbocycles. The summed E-state index contributed by atoms with van der Waals surface area (Å²) in [7, 11) is 4.91. The second kappa shape index (κ2) is 7.80. The summed E-state index contributed by atoms with van der Waals surface area (Å²) < 4.78 is 15.1. The van der Waals surface area contributed by atoms with Crippen LogP contribution in [0.3, 0.4) is 0 Å². The van der Waals surface area contributed by atoms with Crippen molar-refractivity contribution in [3.05, 3.63) is 0 Å². The topological polar surface area (TPSA) is 44.8 Å². The molecule has 0 saturated heterocycles. The fraction of sp³-hybridized carbons (Fsp3) is 0.923. The van der Waals surface area contributed by atoms with E-state index in [1.165, 1.54) is 14.0 Å². The van der Waals surface area contributed by atoms with Gasteiger partial charge in [0.2, 0.25) is 0 Å². The first-order valence-electron chi connectivity index (χ1n) is 5.69. The van der Waals surface area contributed by atoms with E-state index in [1.807, 2.05) is 20.8 Å². The fourth-order valence-corrected chi connectivity index (χ4v) is 0.594. The number of hydrogen-bond donors (Lipinski definition) is 0. The molecule has 0 saturated carbocycles. The highest BCUT2D eigenvalue weighted by Gasteiger charge is 2.24. The lowest BCUT2D eigenvalue weighted by molar-refractivity contribution is -0.134. The summed E-state index contributed by atoms with van der Waals surface area (Å²) >= 11 is 0. The standard InChI is InChI=1S/C7H16O2.C6H12O2/c1-6(8-4)7(2,3)9-5;1-5(7)6(2,3)8-4/h6H,1-5H3;1-4H3. The Labute approximate surface area is 106 Å². The minimum absolute atomic E-state index is 0.0556. The molecule has 0 heterocycles. The van der Waals surface area contributed by atoms with Crippen molar-refractivity contribution >= 4 is 5.78 Å². The maximum absolute atomic E-state index is 10.6. The zero-order valence-corrected chi connectivity index (χ0v) is 12.7. The third-order valence-corrected chi connectivity index (χ3v) is 3.22. The molecule has 1 atom stereocenters. The highest BCUT2D eigenvalue weighted by Crippen LogP contribution is 2.14. The van der Waals surface area contributed by atoms with Gasteiger partial charge in [-0.15, -0.1) is 0 Å². The van der Waals surface area contributed by atoms with E-state index in [9.17, 15) is 4.79 Å². The van der Waals surface area contributed by atoms with Gasteiger partial charge >= 0.3 is 0 Å². The molecular formula is C13H28O4. The normalized spacial score (nSPS) is 13.7. The van der Waals surface area contributed by atoms with Crippen molar-refractivity contribution in [2.45, 2.75) is 58.8 Å². The van der Waals surface area contributed by atoms with Crippen LogP contribution >= 0.6 is 0 Å². The molecule has 0 spiro atoms. The molecule has 4 nitrogen and oxygen atoms in total. The average molecular weight is 248 g/mol. The van der Waals surface area contributed by atoms with Gasteiger partial charge in [0.25, 0.3) is 0 Å². The molecule has 0 aromatic carbocycles. The number of carbonyl (C=O) groups is 1. The van der Waals surface area contributed by atoms with Gasteiger partial charge < -0.3 is 14.2 Å². The number of hydrogen-bond acceptors (Lipinski definition) is 4. The van der Waals surface area contributed by atoms with Gasteiger partial charge in [-0.1, -0.05) is 0 Å². The molecule has 0 aromatic rings. The van der Waals surface area contributed by atoms with Crippen LogP contribution in [-0.2, 0) is 19.0 Å². The smallest absolute Gasteiger partial charge is 0.160 e. The van der Waals surface area contributed by atoms with E-state index in [0.717, 1.165) is 0 Å². The average Bonchev–Trinajstić information content (AvgIpc) is 2.28. The molecule has 17 heavy (non-hydrogen) atoms. The van der Waals surface area contributed by atoms with Gasteiger partial charge in [0.05, 0.1) is 11.7 Å². The lowest BCUT2D eigenvalue weighted by Gasteiger charge is -2.28. The van der Waals surface area contributed by atoms with Crippen LogP contribution in [0.2, 0.25) is 0 Å². The third kappa shape index (κ3) is 7.47. The summed E-state index contributed by atoms with van der Waals surface area (Å²) in [6, 6.07) is 0. The molecule has 1 unspecified atom stereocenters. The number of Topliss-reactive ketones (excluding diaryl/α,β-unsaturated/α-hetero) is 1. The van der Waals surface area contributed by atoms with E-state index in [1.54, 1.807) is 28.1 Å². The summed E-state index contributed by atoms with van der Waals surface area (Å²) in [6.07, 6.45) is 0.141. The first-order valence-corrected chi connectivity index (χ1v) is 5.69. The second-order valence-corrected chi connectivity index (χ2v) is 4.96. The Morgan fingerprint density at radius 2 is 1.41 bits per heavy atom. The SMILES string of the molecule is COC(C)(C)C(C)=O.COC(C)C(C)(C)OC. The van der Waals surface area contributed by atoms with Crippen LogP contribution < -0.4 is 0 Å². The molecule has 0 aromatic heterocycles. The van der Waals surface area contributed by atoms with Gasteiger partial charge in [-0.25, -0.2) is 0 Å². The van der Waals surface area contributed by atoms with Crippen LogP contribution in [0.25, 0.3) is 0 Å². The van der Waals surface area contributed by atoms with Crippen LogP contribution in [0.5, 0.6) is 0 Å². The minimum Gasteiger partial charge on any atom is -0.379 e. The first-order chi connectivity index (χ1) is 7.55. The zero-order valence-electron chi connectivity index (χ0n) is 12.7. The summed E-state index contributed by atoms with van der Waals surface area (Å²) in [5.41, 5.74) is -0.769. The van der Waals surface area contributed by atoms with Crippen LogP contribution in [0.1, 0.15) is 41.5 Å². The highest BCUT2D eigenvalue weighted by atomic mass is 16.5. The monoisotopic (exact) mass is 248 g/mol. The van der Waals surface area contributed by atoms with Crippen molar-refractivity contribution in [1.29, 1.82) is 0 Å². The van der Waals surface area contributed by atoms with Crippen LogP contribution in [0, 0.1) is 0 Å². The Balaban J connectivity index is 0. The van der Waals surface area contributed by atoms with Crippen molar-refractivity contribution in [2.75, 3.05) is 21.3 Å². The maximum Gasteiger partial charge on any atom is 0.160 e. The van der Waals surface area contributed by atoms with Gasteiger partial charge in [-0.3, -0.25) is 4.79 Å². The van der Waals surface area contributed by atoms with Crippen molar-refractivity contribution in [1.82, 2.24) is 0 Å².